The fraction of sp³-hybridized carbons (Fsp3) is 0.231. The number of carbonyl (C=O) groups excluding carboxylic acids is 1. The number of hydrogen-bond donors (Lipinski definition) is 1. The molecule has 1 aliphatic rings. The molecule has 0 spiro atoms. The molecule has 0 aliphatic carbocycles. The number of aromatic nitrogens is 3. The van der Waals surface area contributed by atoms with Gasteiger partial charge in [0.25, 0.3) is 5.91 Å². The summed E-state index contributed by atoms with van der Waals surface area (Å²) < 4.78 is 0. The van der Waals surface area contributed by atoms with Crippen LogP contribution in [0, 0.1) is 13.8 Å². The number of aryl methyl sites for hydroxylation is 2. The Morgan fingerprint density at radius 2 is 1.73 bits per heavy atom. The third-order valence-electron chi connectivity index (χ3n) is 5.81. The average Bonchev–Trinajstić information content (AvgIpc) is 3.23. The van der Waals surface area contributed by atoms with E-state index in [1.165, 1.54) is 5.56 Å². The van der Waals surface area contributed by atoms with Gasteiger partial charge in [-0.25, -0.2) is 15.0 Å². The summed E-state index contributed by atoms with van der Waals surface area (Å²) in [5, 5.41) is 4.27. The standard InChI is InChI=1S/C26H25N5OS/c1-17-21(15-19-9-5-3-6-10-19)24(28-18(2)27-17)30-26-29-22-13-14-31(16-23(22)33-26)25(32)20-11-7-4-8-12-20/h3-12H,13-16H2,1-2H3,(H,27,28,29,30). The summed E-state index contributed by atoms with van der Waals surface area (Å²) in [6, 6.07) is 19.8. The van der Waals surface area contributed by atoms with Gasteiger partial charge in [0.2, 0.25) is 0 Å². The molecule has 0 bridgehead atoms. The molecule has 166 valence electrons. The number of hydrogen-bond acceptors (Lipinski definition) is 6. The lowest BCUT2D eigenvalue weighted by molar-refractivity contribution is 0.0736. The lowest BCUT2D eigenvalue weighted by atomic mass is 10.0. The molecule has 33 heavy (non-hydrogen) atoms. The normalized spacial score (nSPS) is 13.0. The lowest BCUT2D eigenvalue weighted by Crippen LogP contribution is -2.35. The van der Waals surface area contributed by atoms with E-state index >= 15 is 0 Å². The van der Waals surface area contributed by atoms with Crippen LogP contribution < -0.4 is 5.32 Å². The minimum absolute atomic E-state index is 0.0661. The molecule has 2 aromatic carbocycles. The molecule has 0 unspecified atom stereocenters. The van der Waals surface area contributed by atoms with Gasteiger partial charge in [-0.1, -0.05) is 59.9 Å². The number of benzene rings is 2. The van der Waals surface area contributed by atoms with E-state index < -0.39 is 0 Å². The fourth-order valence-corrected chi connectivity index (χ4v) is 5.16. The van der Waals surface area contributed by atoms with Gasteiger partial charge < -0.3 is 10.2 Å². The maximum absolute atomic E-state index is 12.9. The molecule has 1 aliphatic heterocycles. The van der Waals surface area contributed by atoms with Crippen molar-refractivity contribution >= 4 is 28.2 Å². The predicted octanol–water partition coefficient (Wildman–Crippen LogP) is 5.08. The monoisotopic (exact) mass is 455 g/mol. The number of thiazole rings is 1. The largest absolute Gasteiger partial charge is 0.333 e. The molecule has 3 heterocycles. The van der Waals surface area contributed by atoms with Gasteiger partial charge >= 0.3 is 0 Å². The number of amides is 1. The maximum atomic E-state index is 12.9. The van der Waals surface area contributed by atoms with Crippen LogP contribution in [0.2, 0.25) is 0 Å². The van der Waals surface area contributed by atoms with E-state index in [-0.39, 0.29) is 5.91 Å². The van der Waals surface area contributed by atoms with Crippen LogP contribution >= 0.6 is 11.3 Å². The van der Waals surface area contributed by atoms with Gasteiger partial charge in [0.15, 0.2) is 5.13 Å². The van der Waals surface area contributed by atoms with Gasteiger partial charge in [-0.3, -0.25) is 4.79 Å². The van der Waals surface area contributed by atoms with E-state index in [1.807, 2.05) is 67.3 Å². The molecule has 0 fully saturated rings. The van der Waals surface area contributed by atoms with Gasteiger partial charge in [0, 0.05) is 41.1 Å². The summed E-state index contributed by atoms with van der Waals surface area (Å²) in [7, 11) is 0. The molecular formula is C26H25N5OS. The maximum Gasteiger partial charge on any atom is 0.254 e. The summed E-state index contributed by atoms with van der Waals surface area (Å²) in [5.74, 6) is 1.59. The first-order valence-electron chi connectivity index (χ1n) is 11.0. The van der Waals surface area contributed by atoms with Gasteiger partial charge in [0.1, 0.15) is 11.6 Å². The SMILES string of the molecule is Cc1nc(C)c(Cc2ccccc2)c(Nc2nc3c(s2)CN(C(=O)c2ccccc2)CC3)n1. The number of carbonyl (C=O) groups is 1. The van der Waals surface area contributed by atoms with Crippen LogP contribution in [0.1, 0.15) is 43.6 Å². The van der Waals surface area contributed by atoms with Crippen LogP contribution in [-0.4, -0.2) is 32.3 Å². The summed E-state index contributed by atoms with van der Waals surface area (Å²) in [4.78, 5) is 30.0. The molecule has 5 rings (SSSR count). The van der Waals surface area contributed by atoms with Crippen molar-refractivity contribution in [3.8, 4) is 0 Å². The predicted molar refractivity (Wildman–Crippen MR) is 131 cm³/mol. The van der Waals surface area contributed by atoms with E-state index in [9.17, 15) is 4.79 Å². The molecule has 0 radical (unpaired) electrons. The Bertz CT molecular complexity index is 1290. The van der Waals surface area contributed by atoms with Crippen molar-refractivity contribution in [2.24, 2.45) is 0 Å². The van der Waals surface area contributed by atoms with Crippen LogP contribution in [0.25, 0.3) is 0 Å². The fourth-order valence-electron chi connectivity index (χ4n) is 4.14. The van der Waals surface area contributed by atoms with E-state index in [0.29, 0.717) is 13.1 Å². The van der Waals surface area contributed by atoms with E-state index in [4.69, 9.17) is 9.97 Å². The molecule has 7 heteroatoms. The molecule has 1 amide bonds. The smallest absolute Gasteiger partial charge is 0.254 e. The van der Waals surface area contributed by atoms with E-state index in [0.717, 1.165) is 57.0 Å². The van der Waals surface area contributed by atoms with E-state index in [1.54, 1.807) is 11.3 Å². The summed E-state index contributed by atoms with van der Waals surface area (Å²) >= 11 is 1.60. The zero-order chi connectivity index (χ0) is 22.8. The Kier molecular flexibility index (Phi) is 5.88. The Hall–Kier alpha value is -3.58. The highest BCUT2D eigenvalue weighted by molar-refractivity contribution is 7.15. The summed E-state index contributed by atoms with van der Waals surface area (Å²) in [5.41, 5.74) is 5.04. The molecular weight excluding hydrogens is 430 g/mol. The highest BCUT2D eigenvalue weighted by Gasteiger charge is 2.25. The minimum Gasteiger partial charge on any atom is -0.333 e. The van der Waals surface area contributed by atoms with Gasteiger partial charge in [-0.2, -0.15) is 0 Å². The van der Waals surface area contributed by atoms with Crippen LogP contribution in [0.15, 0.2) is 60.7 Å². The van der Waals surface area contributed by atoms with Crippen LogP contribution in [0.5, 0.6) is 0 Å². The number of nitrogens with zero attached hydrogens (tertiary/aromatic N) is 4. The Balaban J connectivity index is 1.38. The first-order chi connectivity index (χ1) is 16.1. The van der Waals surface area contributed by atoms with Gasteiger partial charge in [0.05, 0.1) is 12.2 Å². The Morgan fingerprint density at radius 3 is 2.48 bits per heavy atom. The first-order valence-corrected chi connectivity index (χ1v) is 11.9. The van der Waals surface area contributed by atoms with Crippen molar-refractivity contribution in [1.82, 2.24) is 19.9 Å². The molecule has 0 saturated heterocycles. The zero-order valence-electron chi connectivity index (χ0n) is 18.7. The van der Waals surface area contributed by atoms with Crippen molar-refractivity contribution in [1.29, 1.82) is 0 Å². The number of nitrogens with one attached hydrogen (secondary N) is 1. The molecule has 4 aromatic rings. The third-order valence-corrected chi connectivity index (χ3v) is 6.81. The average molecular weight is 456 g/mol. The molecule has 1 N–H and O–H groups in total. The zero-order valence-corrected chi connectivity index (χ0v) is 19.5. The topological polar surface area (TPSA) is 71.0 Å². The van der Waals surface area contributed by atoms with Gasteiger partial charge in [-0.15, -0.1) is 0 Å². The molecule has 0 atom stereocenters. The number of rotatable bonds is 5. The minimum atomic E-state index is 0.0661. The third kappa shape index (κ3) is 4.64. The van der Waals surface area contributed by atoms with Crippen molar-refractivity contribution in [2.45, 2.75) is 33.2 Å². The van der Waals surface area contributed by atoms with Crippen LogP contribution in [-0.2, 0) is 19.4 Å². The van der Waals surface area contributed by atoms with Crippen molar-refractivity contribution in [2.75, 3.05) is 11.9 Å². The molecule has 2 aromatic heterocycles. The second-order valence-electron chi connectivity index (χ2n) is 8.20. The molecule has 0 saturated carbocycles. The second-order valence-corrected chi connectivity index (χ2v) is 9.29. The van der Waals surface area contributed by atoms with Crippen LogP contribution in [0.4, 0.5) is 10.9 Å². The Labute approximate surface area is 197 Å². The number of fused-ring (bicyclic) bond motifs is 1. The summed E-state index contributed by atoms with van der Waals surface area (Å²) in [6.07, 6.45) is 1.50. The van der Waals surface area contributed by atoms with Gasteiger partial charge in [-0.05, 0) is 31.5 Å². The lowest BCUT2D eigenvalue weighted by Gasteiger charge is -2.26. The first kappa shape index (κ1) is 21.3. The summed E-state index contributed by atoms with van der Waals surface area (Å²) in [6.45, 7) is 5.19. The van der Waals surface area contributed by atoms with Crippen LogP contribution in [0.3, 0.4) is 0 Å². The number of anilines is 2. The quantitative estimate of drug-likeness (QED) is 0.454. The van der Waals surface area contributed by atoms with Crippen molar-refractivity contribution in [3.05, 3.63) is 99.4 Å². The second kappa shape index (κ2) is 9.11. The van der Waals surface area contributed by atoms with Crippen molar-refractivity contribution < 1.29 is 4.79 Å². The van der Waals surface area contributed by atoms with E-state index in [2.05, 4.69) is 22.4 Å². The highest BCUT2D eigenvalue weighted by atomic mass is 32.1. The Morgan fingerprint density at radius 1 is 1.00 bits per heavy atom. The highest BCUT2D eigenvalue weighted by Crippen LogP contribution is 2.32. The molecule has 6 nitrogen and oxygen atoms in total. The van der Waals surface area contributed by atoms with Crippen molar-refractivity contribution in [3.63, 3.8) is 0 Å².